The highest BCUT2D eigenvalue weighted by atomic mass is 16.4. The summed E-state index contributed by atoms with van der Waals surface area (Å²) in [5, 5.41) is 14.3. The number of pyridine rings is 1. The molecule has 0 aliphatic heterocycles. The van der Waals surface area contributed by atoms with E-state index in [-0.39, 0.29) is 11.6 Å². The van der Waals surface area contributed by atoms with Crippen molar-refractivity contribution in [1.29, 1.82) is 0 Å². The first-order chi connectivity index (χ1) is 12.4. The third kappa shape index (κ3) is 3.39. The molecule has 0 radical (unpaired) electrons. The smallest absolute Gasteiger partial charge is 0.336 e. The molecule has 3 heterocycles. The average molecular weight is 352 g/mol. The molecule has 8 heteroatoms. The Morgan fingerprint density at radius 1 is 1.19 bits per heavy atom. The van der Waals surface area contributed by atoms with Crippen LogP contribution in [0.1, 0.15) is 41.5 Å². The predicted molar refractivity (Wildman–Crippen MR) is 100 cm³/mol. The normalized spacial score (nSPS) is 11.6. The molecule has 8 nitrogen and oxygen atoms in total. The Morgan fingerprint density at radius 3 is 2.46 bits per heavy atom. The molecule has 0 aliphatic carbocycles. The fourth-order valence-corrected chi connectivity index (χ4v) is 2.51. The third-order valence-electron chi connectivity index (χ3n) is 3.81. The summed E-state index contributed by atoms with van der Waals surface area (Å²) in [6.45, 7) is 3.95. The van der Waals surface area contributed by atoms with Crippen molar-refractivity contribution in [3.8, 4) is 0 Å². The number of carbonyl (C=O) groups is 1. The van der Waals surface area contributed by atoms with Gasteiger partial charge < -0.3 is 10.0 Å². The lowest BCUT2D eigenvalue weighted by atomic mass is 10.1. The summed E-state index contributed by atoms with van der Waals surface area (Å²) < 4.78 is 1.72. The largest absolute Gasteiger partial charge is 0.478 e. The van der Waals surface area contributed by atoms with Crippen LogP contribution in [0, 0.1) is 0 Å². The number of anilines is 1. The van der Waals surface area contributed by atoms with E-state index in [9.17, 15) is 9.90 Å². The van der Waals surface area contributed by atoms with Gasteiger partial charge in [0.25, 0.3) is 0 Å². The second-order valence-corrected chi connectivity index (χ2v) is 6.36. The van der Waals surface area contributed by atoms with Gasteiger partial charge >= 0.3 is 5.97 Å². The van der Waals surface area contributed by atoms with E-state index in [2.05, 4.69) is 20.1 Å². The van der Waals surface area contributed by atoms with Crippen molar-refractivity contribution in [1.82, 2.24) is 24.7 Å². The molecule has 0 spiro atoms. The number of hydrogen-bond acceptors (Lipinski definition) is 6. The average Bonchev–Trinajstić information content (AvgIpc) is 3.03. The van der Waals surface area contributed by atoms with Crippen LogP contribution in [0.2, 0.25) is 0 Å². The first kappa shape index (κ1) is 17.5. The zero-order valence-corrected chi connectivity index (χ0v) is 15.1. The van der Waals surface area contributed by atoms with E-state index in [1.165, 1.54) is 0 Å². The van der Waals surface area contributed by atoms with Crippen LogP contribution in [0.3, 0.4) is 0 Å². The molecule has 0 unspecified atom stereocenters. The molecule has 134 valence electrons. The van der Waals surface area contributed by atoms with Crippen LogP contribution in [0.4, 0.5) is 5.95 Å². The highest BCUT2D eigenvalue weighted by molar-refractivity contribution is 6.02. The molecule has 0 bridgehead atoms. The van der Waals surface area contributed by atoms with Gasteiger partial charge in [0.05, 0.1) is 22.8 Å². The Labute approximate surface area is 150 Å². The number of fused-ring (bicyclic) bond motifs is 1. The van der Waals surface area contributed by atoms with Crippen LogP contribution in [-0.2, 0) is 0 Å². The van der Waals surface area contributed by atoms with Gasteiger partial charge in [0.1, 0.15) is 0 Å². The van der Waals surface area contributed by atoms with Gasteiger partial charge in [-0.3, -0.25) is 0 Å². The van der Waals surface area contributed by atoms with Gasteiger partial charge in [-0.15, -0.1) is 0 Å². The Hall–Kier alpha value is -3.29. The van der Waals surface area contributed by atoms with Gasteiger partial charge in [0.2, 0.25) is 5.95 Å². The number of aromatic nitrogens is 5. The highest BCUT2D eigenvalue weighted by Crippen LogP contribution is 2.22. The van der Waals surface area contributed by atoms with Gasteiger partial charge in [-0.1, -0.05) is 0 Å². The van der Waals surface area contributed by atoms with Gasteiger partial charge in [0, 0.05) is 38.1 Å². The maximum atomic E-state index is 11.6. The lowest BCUT2D eigenvalue weighted by molar-refractivity contribution is 0.0699. The number of carboxylic acids is 1. The quantitative estimate of drug-likeness (QED) is 0.754. The van der Waals surface area contributed by atoms with Crippen LogP contribution >= 0.6 is 0 Å². The molecule has 0 aliphatic rings. The lowest BCUT2D eigenvalue weighted by Gasteiger charge is -2.08. The maximum absolute atomic E-state index is 11.6. The van der Waals surface area contributed by atoms with E-state index in [1.54, 1.807) is 41.5 Å². The van der Waals surface area contributed by atoms with Crippen molar-refractivity contribution in [2.24, 2.45) is 0 Å². The predicted octanol–water partition coefficient (Wildman–Crippen LogP) is 2.74. The van der Waals surface area contributed by atoms with Crippen molar-refractivity contribution in [2.75, 3.05) is 19.0 Å². The van der Waals surface area contributed by atoms with Gasteiger partial charge in [-0.25, -0.2) is 24.4 Å². The molecule has 1 N–H and O–H groups in total. The van der Waals surface area contributed by atoms with E-state index in [0.29, 0.717) is 22.7 Å². The molecule has 3 aromatic rings. The number of rotatable bonds is 5. The molecular formula is C18H20N6O2. The van der Waals surface area contributed by atoms with Crippen molar-refractivity contribution in [3.05, 3.63) is 41.5 Å². The van der Waals surface area contributed by atoms with E-state index in [1.807, 2.05) is 32.8 Å². The second-order valence-electron chi connectivity index (χ2n) is 6.36. The Balaban J connectivity index is 2.01. The summed E-state index contributed by atoms with van der Waals surface area (Å²) in [6.07, 6.45) is 8.50. The van der Waals surface area contributed by atoms with Gasteiger partial charge in [-0.05, 0) is 32.1 Å². The SMILES string of the molecule is CC(C)n1ncc2c(C(=O)O)cc(C=Cc3cnc(N(C)C)nc3)nc21. The maximum Gasteiger partial charge on any atom is 0.336 e. The highest BCUT2D eigenvalue weighted by Gasteiger charge is 2.16. The van der Waals surface area contributed by atoms with E-state index in [0.717, 1.165) is 5.56 Å². The number of nitrogens with zero attached hydrogens (tertiary/aromatic N) is 6. The third-order valence-corrected chi connectivity index (χ3v) is 3.81. The molecule has 3 rings (SSSR count). The topological polar surface area (TPSA) is 97.0 Å². The number of hydrogen-bond donors (Lipinski definition) is 1. The van der Waals surface area contributed by atoms with Gasteiger partial charge in [0.15, 0.2) is 5.65 Å². The summed E-state index contributed by atoms with van der Waals surface area (Å²) in [4.78, 5) is 26.5. The zero-order chi connectivity index (χ0) is 18.8. The summed E-state index contributed by atoms with van der Waals surface area (Å²) in [5.41, 5.74) is 2.07. The number of carboxylic acid groups (broad SMARTS) is 1. The summed E-state index contributed by atoms with van der Waals surface area (Å²) in [5.74, 6) is -0.385. The van der Waals surface area contributed by atoms with Crippen molar-refractivity contribution >= 4 is 35.1 Å². The molecule has 0 amide bonds. The molecule has 0 atom stereocenters. The van der Waals surface area contributed by atoms with Crippen LogP contribution < -0.4 is 4.90 Å². The minimum Gasteiger partial charge on any atom is -0.478 e. The zero-order valence-electron chi connectivity index (χ0n) is 15.1. The summed E-state index contributed by atoms with van der Waals surface area (Å²) in [6, 6.07) is 1.62. The first-order valence-electron chi connectivity index (χ1n) is 8.16. The van der Waals surface area contributed by atoms with Gasteiger partial charge in [-0.2, -0.15) is 5.10 Å². The Bertz CT molecular complexity index is 973. The summed E-state index contributed by atoms with van der Waals surface area (Å²) >= 11 is 0. The van der Waals surface area contributed by atoms with Crippen LogP contribution in [0.25, 0.3) is 23.2 Å². The lowest BCUT2D eigenvalue weighted by Crippen LogP contribution is -2.12. The monoisotopic (exact) mass is 352 g/mol. The molecule has 0 saturated heterocycles. The van der Waals surface area contributed by atoms with E-state index >= 15 is 0 Å². The van der Waals surface area contributed by atoms with Crippen molar-refractivity contribution in [3.63, 3.8) is 0 Å². The first-order valence-corrected chi connectivity index (χ1v) is 8.16. The fraction of sp³-hybridized carbons (Fsp3) is 0.278. The minimum absolute atomic E-state index is 0.0767. The summed E-state index contributed by atoms with van der Waals surface area (Å²) in [7, 11) is 3.74. The van der Waals surface area contributed by atoms with Crippen LogP contribution in [-0.4, -0.2) is 49.9 Å². The molecule has 26 heavy (non-hydrogen) atoms. The molecule has 0 aromatic carbocycles. The second kappa shape index (κ2) is 6.91. The molecule has 0 saturated carbocycles. The van der Waals surface area contributed by atoms with Crippen LogP contribution in [0.5, 0.6) is 0 Å². The molecule has 0 fully saturated rings. The standard InChI is InChI=1S/C18H20N6O2/c1-11(2)24-16-15(10-21-24)14(17(25)26)7-13(22-16)6-5-12-8-19-18(20-9-12)23(3)4/h5-11H,1-4H3,(H,25,26). The van der Waals surface area contributed by atoms with Crippen LogP contribution in [0.15, 0.2) is 24.7 Å². The van der Waals surface area contributed by atoms with Crippen molar-refractivity contribution in [2.45, 2.75) is 19.9 Å². The fourth-order valence-electron chi connectivity index (χ4n) is 2.51. The Morgan fingerprint density at radius 2 is 1.88 bits per heavy atom. The Kier molecular flexibility index (Phi) is 4.66. The number of aromatic carboxylic acids is 1. The minimum atomic E-state index is -1.01. The molecular weight excluding hydrogens is 332 g/mol. The van der Waals surface area contributed by atoms with Crippen molar-refractivity contribution < 1.29 is 9.90 Å². The van der Waals surface area contributed by atoms with E-state index in [4.69, 9.17) is 0 Å². The van der Waals surface area contributed by atoms with E-state index < -0.39 is 5.97 Å². The molecule has 3 aromatic heterocycles.